The van der Waals surface area contributed by atoms with Crippen LogP contribution in [0.4, 0.5) is 8.78 Å². The van der Waals surface area contributed by atoms with E-state index in [0.29, 0.717) is 5.69 Å². The molecule has 0 fully saturated rings. The average molecular weight is 652 g/mol. The summed E-state index contributed by atoms with van der Waals surface area (Å²) in [5, 5.41) is 15.5. The van der Waals surface area contributed by atoms with Crippen LogP contribution in [-0.2, 0) is 20.1 Å². The van der Waals surface area contributed by atoms with E-state index in [9.17, 15) is 8.78 Å². The van der Waals surface area contributed by atoms with E-state index in [1.165, 1.54) is 0 Å². The van der Waals surface area contributed by atoms with E-state index >= 15 is 0 Å². The Morgan fingerprint density at radius 2 is 1.43 bits per heavy atom. The molecule has 2 aromatic carbocycles. The number of halogens is 2. The van der Waals surface area contributed by atoms with Crippen molar-refractivity contribution in [1.29, 1.82) is 0 Å². The van der Waals surface area contributed by atoms with Crippen molar-refractivity contribution in [3.05, 3.63) is 114 Å². The standard InChI is InChI=1S/C14H13N4.C11H6F2N.CH4O.Ir/c1-11-9-12(2)14(18-8-4-6-16-18)10-13(11)17-7-3-5-15-17;12-8-4-5-9(10(13)7-8)11-3-1-2-6-14-11;1-2;/h3-9H,1-2H3;1-4,6-7H;2H,1H3;/q2*-1;;. The molecule has 0 saturated heterocycles. The maximum absolute atomic E-state index is 13.2. The Kier molecular flexibility index (Phi) is 10.6. The van der Waals surface area contributed by atoms with Crippen molar-refractivity contribution in [2.24, 2.45) is 0 Å². The molecular weight excluding hydrogens is 629 g/mol. The van der Waals surface area contributed by atoms with Crippen LogP contribution in [0, 0.1) is 37.6 Å². The first kappa shape index (κ1) is 27.7. The minimum Gasteiger partial charge on any atom is -0.400 e. The quantitative estimate of drug-likeness (QED) is 0.282. The predicted molar refractivity (Wildman–Crippen MR) is 126 cm³/mol. The van der Waals surface area contributed by atoms with Gasteiger partial charge in [0.25, 0.3) is 0 Å². The molecule has 3 heterocycles. The van der Waals surface area contributed by atoms with Gasteiger partial charge in [-0.25, -0.2) is 0 Å². The number of aromatic nitrogens is 5. The van der Waals surface area contributed by atoms with Crippen molar-refractivity contribution in [1.82, 2.24) is 24.5 Å². The predicted octanol–water partition coefficient (Wildman–Crippen LogP) is 4.91. The monoisotopic (exact) mass is 652 g/mol. The SMILES string of the molecule is CO.Cc1cc(C)c(-n2cccn2)[c-]c1-n1cccn1.Fc1c[c-]c(-c2ccccn2)c(F)c1.[Ir]. The second-order valence-corrected chi connectivity index (χ2v) is 6.99. The number of hydrogen-bond donors (Lipinski definition) is 1. The van der Waals surface area contributed by atoms with Crippen LogP contribution in [0.25, 0.3) is 22.6 Å². The van der Waals surface area contributed by atoms with Gasteiger partial charge in [0.15, 0.2) is 0 Å². The van der Waals surface area contributed by atoms with Crippen LogP contribution in [0.1, 0.15) is 11.1 Å². The summed E-state index contributed by atoms with van der Waals surface area (Å²) < 4.78 is 29.4. The zero-order valence-electron chi connectivity index (χ0n) is 19.3. The van der Waals surface area contributed by atoms with Crippen molar-refractivity contribution in [3.8, 4) is 22.6 Å². The Labute approximate surface area is 216 Å². The molecule has 0 unspecified atom stereocenters. The van der Waals surface area contributed by atoms with Gasteiger partial charge in [-0.15, -0.1) is 29.3 Å². The fourth-order valence-corrected chi connectivity index (χ4v) is 3.20. The number of benzene rings is 2. The van der Waals surface area contributed by atoms with Crippen LogP contribution in [0.15, 0.2) is 79.5 Å². The molecule has 5 rings (SSSR count). The Bertz CT molecular complexity index is 1260. The van der Waals surface area contributed by atoms with Crippen LogP contribution in [-0.4, -0.2) is 36.8 Å². The van der Waals surface area contributed by atoms with Gasteiger partial charge in [0, 0.05) is 69.8 Å². The van der Waals surface area contributed by atoms with Gasteiger partial charge in [-0.05, 0) is 35.3 Å². The van der Waals surface area contributed by atoms with Crippen LogP contribution in [0.5, 0.6) is 0 Å². The summed E-state index contributed by atoms with van der Waals surface area (Å²) in [7, 11) is 1.00. The molecule has 0 saturated carbocycles. The molecule has 5 aromatic rings. The first-order chi connectivity index (χ1) is 16.5. The Hall–Kier alpha value is -3.52. The largest absolute Gasteiger partial charge is 0.400 e. The number of pyridine rings is 1. The van der Waals surface area contributed by atoms with Gasteiger partial charge in [-0.1, -0.05) is 37.6 Å². The summed E-state index contributed by atoms with van der Waals surface area (Å²) >= 11 is 0. The normalized spacial score (nSPS) is 9.77. The van der Waals surface area contributed by atoms with Gasteiger partial charge in [0.1, 0.15) is 0 Å². The first-order valence-electron chi connectivity index (χ1n) is 10.3. The molecule has 3 aromatic heterocycles. The van der Waals surface area contributed by atoms with Crippen LogP contribution >= 0.6 is 0 Å². The molecule has 0 amide bonds. The zero-order chi connectivity index (χ0) is 24.5. The van der Waals surface area contributed by atoms with Crippen LogP contribution < -0.4 is 0 Å². The Balaban J connectivity index is 0.000000231. The summed E-state index contributed by atoms with van der Waals surface area (Å²) in [4.78, 5) is 3.95. The second-order valence-electron chi connectivity index (χ2n) is 6.99. The summed E-state index contributed by atoms with van der Waals surface area (Å²) in [6.07, 6.45) is 8.91. The smallest absolute Gasteiger partial charge is 0.0493 e. The van der Waals surface area contributed by atoms with E-state index in [2.05, 4.69) is 47.2 Å². The Morgan fingerprint density at radius 1 is 0.829 bits per heavy atom. The number of rotatable bonds is 3. The maximum atomic E-state index is 13.2. The first-order valence-corrected chi connectivity index (χ1v) is 10.3. The fraction of sp³-hybridized carbons (Fsp3) is 0.115. The molecule has 183 valence electrons. The van der Waals surface area contributed by atoms with E-state index in [0.717, 1.165) is 41.7 Å². The molecule has 0 aliphatic heterocycles. The van der Waals surface area contributed by atoms with Crippen LogP contribution in [0.2, 0.25) is 0 Å². The summed E-state index contributed by atoms with van der Waals surface area (Å²) in [6.45, 7) is 4.13. The molecule has 6 nitrogen and oxygen atoms in total. The number of aliphatic hydroxyl groups is 1. The third-order valence-corrected chi connectivity index (χ3v) is 4.66. The van der Waals surface area contributed by atoms with Gasteiger partial charge in [-0.3, -0.25) is 18.1 Å². The van der Waals surface area contributed by atoms with Gasteiger partial charge in [0.2, 0.25) is 0 Å². The number of aryl methyl sites for hydroxylation is 2. The van der Waals surface area contributed by atoms with Gasteiger partial charge in [0.05, 0.1) is 0 Å². The maximum Gasteiger partial charge on any atom is 0.0493 e. The van der Waals surface area contributed by atoms with E-state index in [-0.39, 0.29) is 25.7 Å². The average Bonchev–Trinajstić information content (AvgIpc) is 3.57. The number of nitrogens with zero attached hydrogens (tertiary/aromatic N) is 5. The van der Waals surface area contributed by atoms with Crippen LogP contribution in [0.3, 0.4) is 0 Å². The minimum absolute atomic E-state index is 0. The molecule has 1 N–H and O–H groups in total. The topological polar surface area (TPSA) is 68.8 Å². The third-order valence-electron chi connectivity index (χ3n) is 4.66. The number of aliphatic hydroxyl groups excluding tert-OH is 1. The molecule has 0 aliphatic carbocycles. The molecule has 1 radical (unpaired) electrons. The number of hydrogen-bond acceptors (Lipinski definition) is 4. The van der Waals surface area contributed by atoms with Crippen molar-refractivity contribution in [2.75, 3.05) is 7.11 Å². The summed E-state index contributed by atoms with van der Waals surface area (Å²) in [6, 6.07) is 18.9. The van der Waals surface area contributed by atoms with E-state index < -0.39 is 11.6 Å². The summed E-state index contributed by atoms with van der Waals surface area (Å²) in [5.41, 5.74) is 4.84. The molecule has 0 atom stereocenters. The molecule has 0 bridgehead atoms. The van der Waals surface area contributed by atoms with Gasteiger partial charge < -0.3 is 10.1 Å². The van der Waals surface area contributed by atoms with Gasteiger partial charge >= 0.3 is 0 Å². The molecular formula is C26H23F2IrN5O-2. The third kappa shape index (κ3) is 6.99. The van der Waals surface area contributed by atoms with Crippen molar-refractivity contribution < 1.29 is 34.0 Å². The fourth-order valence-electron chi connectivity index (χ4n) is 3.20. The summed E-state index contributed by atoms with van der Waals surface area (Å²) in [5.74, 6) is -1.29. The van der Waals surface area contributed by atoms with Crippen molar-refractivity contribution in [2.45, 2.75) is 13.8 Å². The molecule has 0 spiro atoms. The second kappa shape index (κ2) is 13.4. The molecule has 0 aliphatic rings. The Morgan fingerprint density at radius 3 is 1.89 bits per heavy atom. The van der Waals surface area contributed by atoms with Gasteiger partial charge in [-0.2, -0.15) is 16.3 Å². The van der Waals surface area contributed by atoms with E-state index in [4.69, 9.17) is 5.11 Å². The van der Waals surface area contributed by atoms with Crippen molar-refractivity contribution in [3.63, 3.8) is 0 Å². The van der Waals surface area contributed by atoms with E-state index in [1.54, 1.807) is 36.8 Å². The molecule has 35 heavy (non-hydrogen) atoms. The minimum atomic E-state index is -0.649. The zero-order valence-corrected chi connectivity index (χ0v) is 21.7. The van der Waals surface area contributed by atoms with E-state index in [1.807, 2.05) is 33.9 Å². The van der Waals surface area contributed by atoms with Crippen molar-refractivity contribution >= 4 is 0 Å². The molecule has 9 heteroatoms.